The fraction of sp³-hybridized carbons (Fsp3) is 0.518. The first-order chi connectivity index (χ1) is 35.1. The highest BCUT2D eigenvalue weighted by molar-refractivity contribution is 7.90. The van der Waals surface area contributed by atoms with Crippen LogP contribution in [0, 0.1) is 18.8 Å². The second-order valence-electron chi connectivity index (χ2n) is 19.2. The van der Waals surface area contributed by atoms with Crippen molar-refractivity contribution in [1.29, 1.82) is 0 Å². The fourth-order valence-electron chi connectivity index (χ4n) is 8.31. The largest absolute Gasteiger partial charge is 0.507 e. The van der Waals surface area contributed by atoms with Gasteiger partial charge in [0, 0.05) is 61.0 Å². The molecule has 17 nitrogen and oxygen atoms in total. The predicted molar refractivity (Wildman–Crippen MR) is 291 cm³/mol. The quantitative estimate of drug-likeness (QED) is 0.104. The summed E-state index contributed by atoms with van der Waals surface area (Å²) < 4.78 is 87.3. The Morgan fingerprint density at radius 2 is 1.16 bits per heavy atom. The standard InChI is InChI=1S/C28H36O8S.C24H28O9S.C2H6.2CH4/c1-16-10-11-22(29)26-23(35-28(4,5)36-26)9-7-8-20-21-15-19(12-13-37(6,31)32)34-24(21)14-17(2)25(20)27(30)33-18(16)3;1-13-7-8-19(26)23(28)18(25)6-4-5-16-17-11-15(9-10-34(3,30)31)33-21(17)12-20(27)22(16)24(29)32-14(13)2;1-2;;/h7-8,10-11,14-16,18,22-23,26,29H,9,12-13H2,1-6H3;4-5,7-8,11-14,18,23,25,27-28H,6,9-10H2,1-3H3;1-2H3;2*1H4/b8-7?,11-10-;5-4+,8-7-;;;/t16-,18+,22?,23+,26-;13-,14+,18+,23+;;;/m11.../s1/i;;;1T;. The number of carbonyl (C=O) groups is 3. The predicted octanol–water partition coefficient (Wildman–Crippen LogP) is 8.83. The van der Waals surface area contributed by atoms with Gasteiger partial charge in [0.05, 0.1) is 29.3 Å². The van der Waals surface area contributed by atoms with Gasteiger partial charge in [0.2, 0.25) is 0 Å². The van der Waals surface area contributed by atoms with Crippen molar-refractivity contribution in [1.82, 2.24) is 0 Å². The topological polar surface area (TPSA) is 264 Å². The van der Waals surface area contributed by atoms with E-state index in [1.807, 2.05) is 66.7 Å². The molecule has 4 N–H and O–H groups in total. The molecule has 9 atom stereocenters. The van der Waals surface area contributed by atoms with Gasteiger partial charge < -0.3 is 48.2 Å². The van der Waals surface area contributed by atoms with E-state index in [-0.39, 0.29) is 66.6 Å². The van der Waals surface area contributed by atoms with E-state index in [1.54, 1.807) is 38.1 Å². The average molecular weight is 1090 g/mol. The van der Waals surface area contributed by atoms with E-state index in [4.69, 9.17) is 29.2 Å². The molecule has 0 amide bonds. The van der Waals surface area contributed by atoms with Crippen molar-refractivity contribution >= 4 is 71.5 Å². The molecule has 5 heterocycles. The number of cyclic esters (lactones) is 2. The first-order valence-corrected chi connectivity index (χ1v) is 28.5. The SMILES string of the molecule is C.CC.C[C@@H]1/C=C\C(=O)[C@@H](O)[C@@H](O)C/C=C/c2c(c(O)cc3oc(CCS(C)(=O)=O)cc23)C(=O)O[C@H]1C.Cc1cc2oc(CCS(C)(=O)=O)cc2c2c1C(=O)O[C@@H](C)[C@H](C)/C=C\C(O)[C@H]1OC(C)(C)O[C@H]1CC=C2.[3H]C. The minimum Gasteiger partial charge on any atom is -0.507 e. The van der Waals surface area contributed by atoms with Gasteiger partial charge in [-0.2, -0.15) is 0 Å². The molecule has 0 saturated carbocycles. The van der Waals surface area contributed by atoms with E-state index >= 15 is 0 Å². The molecule has 7 rings (SSSR count). The number of aryl methyl sites for hydroxylation is 3. The number of rotatable bonds is 6. The number of phenols is 1. The average Bonchev–Trinajstić information content (AvgIpc) is 4.04. The lowest BCUT2D eigenvalue weighted by Crippen LogP contribution is -2.34. The molecule has 0 bridgehead atoms. The van der Waals surface area contributed by atoms with E-state index in [0.29, 0.717) is 51.0 Å². The molecule has 3 aliphatic heterocycles. The molecule has 2 aromatic heterocycles. The lowest BCUT2D eigenvalue weighted by Gasteiger charge is -2.22. The molecule has 0 spiro atoms. The molecule has 1 fully saturated rings. The second kappa shape index (κ2) is 26.6. The van der Waals surface area contributed by atoms with Crippen molar-refractivity contribution < 1.29 is 80.8 Å². The molecule has 0 aliphatic carbocycles. The van der Waals surface area contributed by atoms with E-state index in [1.165, 1.54) is 38.0 Å². The van der Waals surface area contributed by atoms with Crippen molar-refractivity contribution in [2.45, 2.75) is 151 Å². The number of esters is 2. The number of hydrogen-bond donors (Lipinski definition) is 4. The van der Waals surface area contributed by atoms with Gasteiger partial charge in [0.15, 0.2) is 11.6 Å². The third-order valence-corrected chi connectivity index (χ3v) is 14.5. The summed E-state index contributed by atoms with van der Waals surface area (Å²) in [6.07, 6.45) is 9.77. The van der Waals surface area contributed by atoms with Crippen molar-refractivity contribution in [3.05, 3.63) is 100 Å². The highest BCUT2D eigenvalue weighted by Gasteiger charge is 2.43. The molecule has 19 heteroatoms. The van der Waals surface area contributed by atoms with Crippen molar-refractivity contribution in [2.75, 3.05) is 24.0 Å². The normalized spacial score (nSPS) is 26.7. The number of aliphatic hydroxyl groups excluding tert-OH is 3. The lowest BCUT2D eigenvalue weighted by atomic mass is 9.95. The number of sulfone groups is 2. The minimum absolute atomic E-state index is 0. The Morgan fingerprint density at radius 3 is 1.69 bits per heavy atom. The van der Waals surface area contributed by atoms with Gasteiger partial charge in [-0.05, 0) is 82.9 Å². The summed E-state index contributed by atoms with van der Waals surface area (Å²) in [4.78, 5) is 38.6. The van der Waals surface area contributed by atoms with Crippen LogP contribution in [0.2, 0.25) is 0 Å². The molecule has 4 aromatic rings. The molecule has 1 unspecified atom stereocenters. The maximum absolute atomic E-state index is 13.4. The molecule has 0 radical (unpaired) electrons. The first-order valence-electron chi connectivity index (χ1n) is 25.4. The van der Waals surface area contributed by atoms with Crippen molar-refractivity contribution in [3.63, 3.8) is 0 Å². The van der Waals surface area contributed by atoms with Crippen LogP contribution in [0.4, 0.5) is 0 Å². The summed E-state index contributed by atoms with van der Waals surface area (Å²) in [5, 5.41) is 43.0. The maximum atomic E-state index is 13.4. The zero-order valence-electron chi connectivity index (χ0n) is 45.3. The lowest BCUT2D eigenvalue weighted by molar-refractivity contribution is -0.152. The van der Waals surface area contributed by atoms with Crippen LogP contribution >= 0.6 is 0 Å². The van der Waals surface area contributed by atoms with Crippen LogP contribution in [0.5, 0.6) is 5.75 Å². The number of phenolic OH excluding ortho intramolecular Hbond substituents is 1. The molecule has 2 aromatic carbocycles. The van der Waals surface area contributed by atoms with Crippen LogP contribution in [-0.4, -0.2) is 128 Å². The molecular formula is C56H78O17S2. The van der Waals surface area contributed by atoms with E-state index in [0.717, 1.165) is 12.3 Å². The Balaban J connectivity index is 0.000000372. The summed E-state index contributed by atoms with van der Waals surface area (Å²) in [5.41, 5.74) is 2.69. The number of furan rings is 2. The monoisotopic (exact) mass is 1090 g/mol. The number of benzene rings is 2. The van der Waals surface area contributed by atoms with E-state index < -0.39 is 91.8 Å². The number of carbonyl (C=O) groups excluding carboxylic acids is 3. The van der Waals surface area contributed by atoms with Crippen LogP contribution in [0.3, 0.4) is 0 Å². The number of hydrogen-bond acceptors (Lipinski definition) is 17. The van der Waals surface area contributed by atoms with Gasteiger partial charge in [0.1, 0.15) is 84.2 Å². The Kier molecular flexibility index (Phi) is 22.0. The Hall–Kier alpha value is -5.41. The highest BCUT2D eigenvalue weighted by atomic mass is 32.2. The first kappa shape index (κ1) is 62.1. The zero-order valence-corrected chi connectivity index (χ0v) is 45.9. The summed E-state index contributed by atoms with van der Waals surface area (Å²) in [5.74, 6) is -3.01. The second-order valence-corrected chi connectivity index (χ2v) is 23.7. The van der Waals surface area contributed by atoms with Gasteiger partial charge in [0.25, 0.3) is 0 Å². The Bertz CT molecular complexity index is 3000. The highest BCUT2D eigenvalue weighted by Crippen LogP contribution is 2.37. The van der Waals surface area contributed by atoms with E-state index in [2.05, 4.69) is 0 Å². The van der Waals surface area contributed by atoms with Crippen molar-refractivity contribution in [3.8, 4) is 5.75 Å². The van der Waals surface area contributed by atoms with Crippen molar-refractivity contribution in [2.24, 2.45) is 11.8 Å². The molecule has 3 aliphatic rings. The molecule has 75 heavy (non-hydrogen) atoms. The third-order valence-electron chi connectivity index (χ3n) is 12.6. The molecule has 1 saturated heterocycles. The summed E-state index contributed by atoms with van der Waals surface area (Å²) in [6.45, 7) is 16.5. The summed E-state index contributed by atoms with van der Waals surface area (Å²) in [7, 11) is -5.15. The third kappa shape index (κ3) is 16.8. The van der Waals surface area contributed by atoms with E-state index in [9.17, 15) is 51.6 Å². The van der Waals surface area contributed by atoms with Gasteiger partial charge >= 0.3 is 11.9 Å². The van der Waals surface area contributed by atoms with Gasteiger partial charge in [-0.3, -0.25) is 4.79 Å². The number of ketones is 1. The molecule has 416 valence electrons. The minimum atomic E-state index is -3.24. The maximum Gasteiger partial charge on any atom is 0.342 e. The van der Waals surface area contributed by atoms with Gasteiger partial charge in [-0.15, -0.1) is 0 Å². The zero-order chi connectivity index (χ0) is 56.3. The van der Waals surface area contributed by atoms with Crippen LogP contribution in [0.25, 0.3) is 34.1 Å². The number of fused-ring (bicyclic) bond motifs is 7. The number of aliphatic hydroxyl groups is 3. The van der Waals surface area contributed by atoms with Crippen LogP contribution in [0.1, 0.15) is 133 Å². The number of ether oxygens (including phenoxy) is 4. The Labute approximate surface area is 443 Å². The van der Waals surface area contributed by atoms with Gasteiger partial charge in [-0.25, -0.2) is 26.4 Å². The number of aromatic hydroxyl groups is 1. The van der Waals surface area contributed by atoms with Gasteiger partial charge in [-0.1, -0.05) is 85.1 Å². The fourth-order valence-corrected chi connectivity index (χ4v) is 9.46. The Morgan fingerprint density at radius 1 is 0.680 bits per heavy atom. The van der Waals surface area contributed by atoms with Crippen LogP contribution in [0.15, 0.2) is 69.6 Å². The van der Waals surface area contributed by atoms with Crippen LogP contribution in [-0.2, 0) is 56.3 Å². The molecular weight excluding hydrogens is 1010 g/mol. The summed E-state index contributed by atoms with van der Waals surface area (Å²) in [6, 6.07) is 6.43. The smallest absolute Gasteiger partial charge is 0.342 e. The van der Waals surface area contributed by atoms with Crippen LogP contribution < -0.4 is 0 Å². The summed E-state index contributed by atoms with van der Waals surface area (Å²) >= 11 is 0.